The smallest absolute Gasteiger partial charge is 0.247 e. The van der Waals surface area contributed by atoms with Gasteiger partial charge in [0.05, 0.1) is 10.6 Å². The minimum atomic E-state index is -0.272. The number of rotatable bonds is 7. The Morgan fingerprint density at radius 1 is 1.09 bits per heavy atom. The summed E-state index contributed by atoms with van der Waals surface area (Å²) in [5.41, 5.74) is 3.76. The van der Waals surface area contributed by atoms with E-state index < -0.39 is 0 Å². The number of benzene rings is 2. The van der Waals surface area contributed by atoms with Gasteiger partial charge in [-0.2, -0.15) is 4.98 Å². The number of thioether (sulfide) groups is 1. The molecular formula is C26H28N6O2S. The van der Waals surface area contributed by atoms with Crippen LogP contribution in [-0.2, 0) is 11.2 Å². The molecule has 3 heterocycles. The molecule has 0 bridgehead atoms. The van der Waals surface area contributed by atoms with Gasteiger partial charge in [0.15, 0.2) is 0 Å². The average molecular weight is 489 g/mol. The fourth-order valence-electron chi connectivity index (χ4n) is 4.05. The monoisotopic (exact) mass is 488 g/mol. The molecule has 2 aromatic carbocycles. The van der Waals surface area contributed by atoms with Crippen LogP contribution in [0.2, 0.25) is 0 Å². The van der Waals surface area contributed by atoms with E-state index in [1.807, 2.05) is 12.1 Å². The molecule has 0 unspecified atom stereocenters. The lowest BCUT2D eigenvalue weighted by Gasteiger charge is -2.34. The van der Waals surface area contributed by atoms with Gasteiger partial charge in [-0.1, -0.05) is 12.6 Å². The number of amides is 1. The first-order valence-electron chi connectivity index (χ1n) is 11.6. The van der Waals surface area contributed by atoms with Gasteiger partial charge >= 0.3 is 0 Å². The van der Waals surface area contributed by atoms with Gasteiger partial charge in [-0.05, 0) is 49.5 Å². The largest absolute Gasteiger partial charge is 0.438 e. The third-order valence-corrected chi connectivity index (χ3v) is 7.09. The number of fused-ring (bicyclic) bond motifs is 1. The molecule has 0 radical (unpaired) electrons. The standard InChI is InChI=1S/C26H28N6O2S/c1-3-23(33)27-19-5-4-6-21(17-19)34-25-24-22(11-16-35-24)29-26(30-25)28-18-7-9-20(10-8-18)32-14-12-31(2)13-15-32/h3-10,17H,1,11-16H2,2H3,(H,27,33)(H,28,29,30). The van der Waals surface area contributed by atoms with Crippen molar-refractivity contribution in [3.63, 3.8) is 0 Å². The van der Waals surface area contributed by atoms with Crippen molar-refractivity contribution < 1.29 is 9.53 Å². The highest BCUT2D eigenvalue weighted by atomic mass is 32.2. The summed E-state index contributed by atoms with van der Waals surface area (Å²) >= 11 is 1.70. The van der Waals surface area contributed by atoms with Gasteiger partial charge in [-0.3, -0.25) is 4.79 Å². The molecule has 1 aromatic heterocycles. The number of ether oxygens (including phenoxy) is 1. The Morgan fingerprint density at radius 3 is 2.66 bits per heavy atom. The molecular weight excluding hydrogens is 460 g/mol. The van der Waals surface area contributed by atoms with Crippen molar-refractivity contribution in [3.05, 3.63) is 66.9 Å². The van der Waals surface area contributed by atoms with Crippen LogP contribution in [0.25, 0.3) is 0 Å². The Kier molecular flexibility index (Phi) is 6.87. The average Bonchev–Trinajstić information content (AvgIpc) is 3.34. The lowest BCUT2D eigenvalue weighted by Crippen LogP contribution is -2.44. The van der Waals surface area contributed by atoms with Crippen LogP contribution in [0.4, 0.5) is 23.0 Å². The van der Waals surface area contributed by atoms with Crippen molar-refractivity contribution in [3.8, 4) is 11.6 Å². The first-order valence-corrected chi connectivity index (χ1v) is 12.6. The summed E-state index contributed by atoms with van der Waals surface area (Å²) < 4.78 is 6.16. The zero-order valence-electron chi connectivity index (χ0n) is 19.7. The predicted molar refractivity (Wildman–Crippen MR) is 141 cm³/mol. The van der Waals surface area contributed by atoms with Crippen LogP contribution in [0.3, 0.4) is 0 Å². The van der Waals surface area contributed by atoms with Gasteiger partial charge in [-0.25, -0.2) is 4.98 Å². The molecule has 2 aliphatic rings. The third-order valence-electron chi connectivity index (χ3n) is 5.98. The van der Waals surface area contributed by atoms with E-state index in [0.717, 1.165) is 54.6 Å². The van der Waals surface area contributed by atoms with Gasteiger partial charge < -0.3 is 25.2 Å². The molecule has 3 aromatic rings. The molecule has 8 nitrogen and oxygen atoms in total. The van der Waals surface area contributed by atoms with Crippen molar-refractivity contribution in [2.24, 2.45) is 0 Å². The minimum Gasteiger partial charge on any atom is -0.438 e. The second kappa shape index (κ2) is 10.4. The maximum Gasteiger partial charge on any atom is 0.247 e. The van der Waals surface area contributed by atoms with Crippen LogP contribution < -0.4 is 20.3 Å². The Bertz CT molecular complexity index is 1230. The van der Waals surface area contributed by atoms with E-state index >= 15 is 0 Å². The Morgan fingerprint density at radius 2 is 1.89 bits per heavy atom. The second-order valence-electron chi connectivity index (χ2n) is 8.51. The van der Waals surface area contributed by atoms with Crippen LogP contribution in [0.5, 0.6) is 11.6 Å². The molecule has 0 saturated carbocycles. The second-order valence-corrected chi connectivity index (χ2v) is 9.62. The summed E-state index contributed by atoms with van der Waals surface area (Å²) in [6.45, 7) is 7.71. The summed E-state index contributed by atoms with van der Waals surface area (Å²) in [6, 6.07) is 15.6. The minimum absolute atomic E-state index is 0.272. The maximum atomic E-state index is 11.6. The van der Waals surface area contributed by atoms with Gasteiger partial charge in [-0.15, -0.1) is 11.8 Å². The molecule has 35 heavy (non-hydrogen) atoms. The number of nitrogens with zero attached hydrogens (tertiary/aromatic N) is 4. The number of nitrogens with one attached hydrogen (secondary N) is 2. The Hall–Kier alpha value is -3.56. The summed E-state index contributed by atoms with van der Waals surface area (Å²) in [6.07, 6.45) is 2.10. The third kappa shape index (κ3) is 5.58. The van der Waals surface area contributed by atoms with E-state index in [9.17, 15) is 4.79 Å². The highest BCUT2D eigenvalue weighted by molar-refractivity contribution is 7.99. The molecule has 0 aliphatic carbocycles. The number of carbonyl (C=O) groups is 1. The number of likely N-dealkylation sites (N-methyl/N-ethyl adjacent to an activating group) is 1. The quantitative estimate of drug-likeness (QED) is 0.469. The first kappa shape index (κ1) is 23.2. The normalized spacial score (nSPS) is 15.4. The summed E-state index contributed by atoms with van der Waals surface area (Å²) in [5.74, 6) is 2.28. The zero-order valence-corrected chi connectivity index (χ0v) is 20.5. The highest BCUT2D eigenvalue weighted by Crippen LogP contribution is 2.40. The number of hydrogen-bond donors (Lipinski definition) is 2. The van der Waals surface area contributed by atoms with E-state index in [-0.39, 0.29) is 5.91 Å². The van der Waals surface area contributed by atoms with Crippen LogP contribution in [-0.4, -0.2) is 59.8 Å². The van der Waals surface area contributed by atoms with Gasteiger partial charge in [0.1, 0.15) is 5.75 Å². The van der Waals surface area contributed by atoms with Crippen LogP contribution in [0, 0.1) is 0 Å². The summed E-state index contributed by atoms with van der Waals surface area (Å²) in [7, 11) is 2.16. The SMILES string of the molecule is C=CC(=O)Nc1cccc(Oc2nc(Nc3ccc(N4CCN(C)CC4)cc3)nc3c2SCC3)c1. The van der Waals surface area contributed by atoms with Gasteiger partial charge in [0, 0.05) is 61.5 Å². The lowest BCUT2D eigenvalue weighted by atomic mass is 10.2. The van der Waals surface area contributed by atoms with Crippen LogP contribution in [0.1, 0.15) is 5.69 Å². The number of anilines is 4. The number of piperazine rings is 1. The number of hydrogen-bond acceptors (Lipinski definition) is 8. The molecule has 1 amide bonds. The number of aryl methyl sites for hydroxylation is 1. The lowest BCUT2D eigenvalue weighted by molar-refractivity contribution is -0.111. The molecule has 2 aliphatic heterocycles. The molecule has 180 valence electrons. The summed E-state index contributed by atoms with van der Waals surface area (Å²) in [4.78, 5) is 26.8. The molecule has 1 saturated heterocycles. The van der Waals surface area contributed by atoms with Crippen LogP contribution >= 0.6 is 11.8 Å². The van der Waals surface area contributed by atoms with E-state index in [4.69, 9.17) is 9.72 Å². The van der Waals surface area contributed by atoms with Crippen molar-refractivity contribution >= 4 is 40.7 Å². The van der Waals surface area contributed by atoms with E-state index in [0.29, 0.717) is 23.3 Å². The van der Waals surface area contributed by atoms with Gasteiger partial charge in [0.2, 0.25) is 17.7 Å². The molecule has 1 fully saturated rings. The number of carbonyl (C=O) groups excluding carboxylic acids is 1. The van der Waals surface area contributed by atoms with Crippen molar-refractivity contribution in [1.29, 1.82) is 0 Å². The molecule has 2 N–H and O–H groups in total. The van der Waals surface area contributed by atoms with Gasteiger partial charge in [0.25, 0.3) is 0 Å². The molecule has 0 atom stereocenters. The predicted octanol–water partition coefficient (Wildman–Crippen LogP) is 4.54. The molecule has 9 heteroatoms. The maximum absolute atomic E-state index is 11.6. The fourth-order valence-corrected chi connectivity index (χ4v) is 5.08. The zero-order chi connectivity index (χ0) is 24.2. The van der Waals surface area contributed by atoms with E-state index in [1.54, 1.807) is 23.9 Å². The molecule has 5 rings (SSSR count). The first-order chi connectivity index (χ1) is 17.1. The number of aromatic nitrogens is 2. The van der Waals surface area contributed by atoms with Crippen molar-refractivity contribution in [2.75, 3.05) is 54.5 Å². The highest BCUT2D eigenvalue weighted by Gasteiger charge is 2.22. The van der Waals surface area contributed by atoms with E-state index in [2.05, 4.69) is 63.3 Å². The van der Waals surface area contributed by atoms with Crippen LogP contribution in [0.15, 0.2) is 66.1 Å². The Balaban J connectivity index is 1.33. The fraction of sp³-hybridized carbons (Fsp3) is 0.269. The summed E-state index contributed by atoms with van der Waals surface area (Å²) in [5, 5.41) is 6.09. The topological polar surface area (TPSA) is 82.6 Å². The Labute approximate surface area is 209 Å². The molecule has 0 spiro atoms. The van der Waals surface area contributed by atoms with Crippen molar-refractivity contribution in [2.45, 2.75) is 11.3 Å². The van der Waals surface area contributed by atoms with Crippen molar-refractivity contribution in [1.82, 2.24) is 14.9 Å². The van der Waals surface area contributed by atoms with E-state index in [1.165, 1.54) is 11.8 Å².